The molecule has 160 valence electrons. The van der Waals surface area contributed by atoms with Gasteiger partial charge < -0.3 is 20.1 Å². The molecule has 0 saturated heterocycles. The van der Waals surface area contributed by atoms with Gasteiger partial charge in [-0.3, -0.25) is 0 Å². The molecule has 2 aliphatic heterocycles. The van der Waals surface area contributed by atoms with Crippen molar-refractivity contribution in [2.24, 2.45) is 0 Å². The Morgan fingerprint density at radius 3 is 2.19 bits per heavy atom. The van der Waals surface area contributed by atoms with Crippen LogP contribution >= 0.6 is 0 Å². The first-order chi connectivity index (χ1) is 15.6. The van der Waals surface area contributed by atoms with Crippen molar-refractivity contribution in [3.8, 4) is 39.9 Å². The van der Waals surface area contributed by atoms with Gasteiger partial charge in [0.1, 0.15) is 17.2 Å². The minimum Gasteiger partial charge on any atom is -0.508 e. The van der Waals surface area contributed by atoms with Gasteiger partial charge in [0, 0.05) is 5.56 Å². The number of hydrogen-bond acceptors (Lipinski definition) is 4. The lowest BCUT2D eigenvalue weighted by molar-refractivity contribution is 0.410. The number of fused-ring (bicyclic) bond motifs is 4. The number of phenolic OH excluding ortho intramolecular Hbond substituents is 3. The normalized spacial score (nSPS) is 13.1. The van der Waals surface area contributed by atoms with E-state index in [4.69, 9.17) is 4.74 Å². The zero-order valence-corrected chi connectivity index (χ0v) is 17.6. The SMILES string of the molecule is Oc1ccc2c(c1)CCc1ccc(O)c(c1)Oc1ccc(cc1)CCc1cccc(O)c1-2. The molecule has 0 radical (unpaired) electrons. The molecule has 4 aromatic carbocycles. The topological polar surface area (TPSA) is 69.9 Å². The second-order valence-corrected chi connectivity index (χ2v) is 8.20. The number of benzene rings is 4. The lowest BCUT2D eigenvalue weighted by Crippen LogP contribution is -2.00. The maximum absolute atomic E-state index is 10.8. The van der Waals surface area contributed by atoms with E-state index in [1.807, 2.05) is 48.5 Å². The van der Waals surface area contributed by atoms with Crippen LogP contribution in [0, 0.1) is 0 Å². The first-order valence-electron chi connectivity index (χ1n) is 10.8. The van der Waals surface area contributed by atoms with E-state index in [2.05, 4.69) is 6.07 Å². The molecular weight excluding hydrogens is 400 g/mol. The standard InChI is InChI=1S/C28H24O4/c29-22-11-14-24-21(17-22)10-5-19-8-15-25(30)27(16-19)32-23-12-6-18(7-13-23)4-9-20-2-1-3-26(31)28(20)24/h1-3,6-8,11-17,29-31H,4-5,9-10H2. The Balaban J connectivity index is 1.65. The Bertz CT molecular complexity index is 1280. The molecular formula is C28H24O4. The third-order valence-electron chi connectivity index (χ3n) is 6.03. The lowest BCUT2D eigenvalue weighted by Gasteiger charge is -2.17. The largest absolute Gasteiger partial charge is 0.508 e. The zero-order valence-electron chi connectivity index (χ0n) is 17.6. The summed E-state index contributed by atoms with van der Waals surface area (Å²) < 4.78 is 5.94. The highest BCUT2D eigenvalue weighted by Crippen LogP contribution is 2.38. The van der Waals surface area contributed by atoms with Gasteiger partial charge in [0.15, 0.2) is 11.5 Å². The third-order valence-corrected chi connectivity index (χ3v) is 6.03. The average Bonchev–Trinajstić information content (AvgIpc) is 2.79. The molecule has 0 fully saturated rings. The highest BCUT2D eigenvalue weighted by molar-refractivity contribution is 5.77. The summed E-state index contributed by atoms with van der Waals surface area (Å²) in [5.41, 5.74) is 5.93. The van der Waals surface area contributed by atoms with Crippen molar-refractivity contribution in [3.63, 3.8) is 0 Å². The van der Waals surface area contributed by atoms with Crippen LogP contribution in [0.4, 0.5) is 0 Å². The third kappa shape index (κ3) is 4.00. The Kier molecular flexibility index (Phi) is 5.20. The van der Waals surface area contributed by atoms with Crippen molar-refractivity contribution in [2.75, 3.05) is 0 Å². The van der Waals surface area contributed by atoms with Gasteiger partial charge in [0.05, 0.1) is 0 Å². The van der Waals surface area contributed by atoms with Gasteiger partial charge in [-0.25, -0.2) is 0 Å². The maximum Gasteiger partial charge on any atom is 0.169 e. The van der Waals surface area contributed by atoms with Crippen molar-refractivity contribution in [1.82, 2.24) is 0 Å². The van der Waals surface area contributed by atoms with Crippen LogP contribution in [0.3, 0.4) is 0 Å². The molecule has 2 heterocycles. The molecule has 6 rings (SSSR count). The Morgan fingerprint density at radius 2 is 1.34 bits per heavy atom. The van der Waals surface area contributed by atoms with Crippen molar-refractivity contribution in [1.29, 1.82) is 0 Å². The number of ether oxygens (including phenoxy) is 1. The van der Waals surface area contributed by atoms with Gasteiger partial charge in [-0.15, -0.1) is 0 Å². The lowest BCUT2D eigenvalue weighted by atomic mass is 9.89. The average molecular weight is 424 g/mol. The Morgan fingerprint density at radius 1 is 0.594 bits per heavy atom. The molecule has 4 nitrogen and oxygen atoms in total. The summed E-state index contributed by atoms with van der Waals surface area (Å²) in [6, 6.07) is 24.2. The molecule has 0 amide bonds. The van der Waals surface area contributed by atoms with Gasteiger partial charge in [-0.1, -0.05) is 36.4 Å². The van der Waals surface area contributed by atoms with Gasteiger partial charge in [-0.2, -0.15) is 0 Å². The molecule has 0 spiro atoms. The van der Waals surface area contributed by atoms with Crippen LogP contribution in [-0.4, -0.2) is 15.3 Å². The zero-order chi connectivity index (χ0) is 22.1. The van der Waals surface area contributed by atoms with Crippen LogP contribution in [0.15, 0.2) is 78.9 Å². The first kappa shape index (κ1) is 20.0. The van der Waals surface area contributed by atoms with E-state index < -0.39 is 0 Å². The predicted octanol–water partition coefficient (Wildman–Crippen LogP) is 6.15. The highest BCUT2D eigenvalue weighted by atomic mass is 16.5. The quantitative estimate of drug-likeness (QED) is 0.317. The first-order valence-corrected chi connectivity index (χ1v) is 10.8. The Labute approximate surface area is 187 Å². The molecule has 3 N–H and O–H groups in total. The molecule has 32 heavy (non-hydrogen) atoms. The summed E-state index contributed by atoms with van der Waals surface area (Å²) in [5.74, 6) is 1.62. The minimum absolute atomic E-state index is 0.0934. The summed E-state index contributed by atoms with van der Waals surface area (Å²) in [7, 11) is 0. The fourth-order valence-corrected chi connectivity index (χ4v) is 4.34. The molecule has 0 unspecified atom stereocenters. The number of aromatic hydroxyl groups is 3. The van der Waals surface area contributed by atoms with Gasteiger partial charge in [0.2, 0.25) is 0 Å². The number of aryl methyl sites for hydroxylation is 4. The smallest absolute Gasteiger partial charge is 0.169 e. The monoisotopic (exact) mass is 424 g/mol. The van der Waals surface area contributed by atoms with E-state index in [-0.39, 0.29) is 17.2 Å². The summed E-state index contributed by atoms with van der Waals surface area (Å²) in [6.45, 7) is 0. The minimum atomic E-state index is 0.0934. The van der Waals surface area contributed by atoms with E-state index in [1.165, 1.54) is 0 Å². The predicted molar refractivity (Wildman–Crippen MR) is 125 cm³/mol. The highest BCUT2D eigenvalue weighted by Gasteiger charge is 2.16. The van der Waals surface area contributed by atoms with Crippen LogP contribution in [-0.2, 0) is 25.7 Å². The molecule has 4 bridgehead atoms. The molecule has 0 aliphatic carbocycles. The molecule has 2 aliphatic rings. The summed E-state index contributed by atoms with van der Waals surface area (Å²) in [5, 5.41) is 31.2. The Hall–Kier alpha value is -3.92. The van der Waals surface area contributed by atoms with Crippen LogP contribution < -0.4 is 4.74 Å². The number of hydrogen-bond donors (Lipinski definition) is 3. The fraction of sp³-hybridized carbons (Fsp3) is 0.143. The van der Waals surface area contributed by atoms with E-state index in [0.29, 0.717) is 24.3 Å². The molecule has 4 aromatic rings. The second-order valence-electron chi connectivity index (χ2n) is 8.20. The van der Waals surface area contributed by atoms with Gasteiger partial charge in [-0.05, 0) is 96.0 Å². The summed E-state index contributed by atoms with van der Waals surface area (Å²) in [4.78, 5) is 0. The van der Waals surface area contributed by atoms with Crippen LogP contribution in [0.2, 0.25) is 0 Å². The van der Waals surface area contributed by atoms with Gasteiger partial charge >= 0.3 is 0 Å². The maximum atomic E-state index is 10.8. The van der Waals surface area contributed by atoms with Crippen molar-refractivity contribution < 1.29 is 20.1 Å². The van der Waals surface area contributed by atoms with Crippen molar-refractivity contribution in [3.05, 3.63) is 101 Å². The molecule has 0 aromatic heterocycles. The van der Waals surface area contributed by atoms with Crippen molar-refractivity contribution >= 4 is 0 Å². The summed E-state index contributed by atoms with van der Waals surface area (Å²) >= 11 is 0. The molecule has 0 saturated carbocycles. The van der Waals surface area contributed by atoms with E-state index in [1.54, 1.807) is 24.3 Å². The van der Waals surface area contributed by atoms with E-state index in [0.717, 1.165) is 46.2 Å². The van der Waals surface area contributed by atoms with E-state index in [9.17, 15) is 15.3 Å². The fourth-order valence-electron chi connectivity index (χ4n) is 4.34. The molecule has 0 atom stereocenters. The van der Waals surface area contributed by atoms with Crippen LogP contribution in [0.1, 0.15) is 22.3 Å². The van der Waals surface area contributed by atoms with Crippen LogP contribution in [0.25, 0.3) is 11.1 Å². The number of rotatable bonds is 0. The number of phenols is 3. The van der Waals surface area contributed by atoms with E-state index >= 15 is 0 Å². The second kappa shape index (κ2) is 8.31. The molecule has 4 heteroatoms. The van der Waals surface area contributed by atoms with Gasteiger partial charge in [0.25, 0.3) is 0 Å². The summed E-state index contributed by atoms with van der Waals surface area (Å²) in [6.07, 6.45) is 2.93. The van der Waals surface area contributed by atoms with Crippen molar-refractivity contribution in [2.45, 2.75) is 25.7 Å². The van der Waals surface area contributed by atoms with Crippen LogP contribution in [0.5, 0.6) is 28.7 Å².